The minimum absolute atomic E-state index is 0.0919. The van der Waals surface area contributed by atoms with Gasteiger partial charge in [-0.3, -0.25) is 4.79 Å². The first kappa shape index (κ1) is 17.0. The fourth-order valence-electron chi connectivity index (χ4n) is 3.25. The van der Waals surface area contributed by atoms with Gasteiger partial charge in [0.05, 0.1) is 5.01 Å². The molecule has 1 N–H and O–H groups in total. The van der Waals surface area contributed by atoms with E-state index in [1.807, 2.05) is 13.8 Å². The largest absolute Gasteiger partial charge is 0.371 e. The van der Waals surface area contributed by atoms with Crippen LogP contribution < -0.4 is 10.2 Å². The Hall–Kier alpha value is -1.88. The second-order valence-electron chi connectivity index (χ2n) is 6.68. The minimum Gasteiger partial charge on any atom is -0.371 e. The van der Waals surface area contributed by atoms with Crippen LogP contribution >= 0.6 is 11.3 Å². The molecule has 1 aliphatic heterocycles. The molecule has 1 aromatic carbocycles. The third-order valence-electron chi connectivity index (χ3n) is 4.53. The number of carbonyl (C=O) groups is 1. The number of aromatic nitrogens is 1. The summed E-state index contributed by atoms with van der Waals surface area (Å²) >= 11 is 1.56. The summed E-state index contributed by atoms with van der Waals surface area (Å²) in [4.78, 5) is 20.0. The van der Waals surface area contributed by atoms with Crippen molar-refractivity contribution >= 4 is 22.9 Å². The molecular formula is C19H25N3OS. The van der Waals surface area contributed by atoms with E-state index in [0.717, 1.165) is 34.5 Å². The van der Waals surface area contributed by atoms with Crippen molar-refractivity contribution in [2.45, 2.75) is 40.2 Å². The summed E-state index contributed by atoms with van der Waals surface area (Å²) < 4.78 is 0. The average molecular weight is 343 g/mol. The molecule has 0 spiro atoms. The summed E-state index contributed by atoms with van der Waals surface area (Å²) in [6.07, 6.45) is 2.60. The number of anilines is 1. The van der Waals surface area contributed by atoms with Crippen LogP contribution in [-0.2, 0) is 6.54 Å². The highest BCUT2D eigenvalue weighted by Crippen LogP contribution is 2.23. The van der Waals surface area contributed by atoms with Gasteiger partial charge in [-0.05, 0) is 50.3 Å². The highest BCUT2D eigenvalue weighted by Gasteiger charge is 2.17. The second kappa shape index (κ2) is 7.34. The number of carbonyl (C=O) groups excluding carboxylic acids is 1. The zero-order chi connectivity index (χ0) is 17.1. The van der Waals surface area contributed by atoms with Gasteiger partial charge in [-0.25, -0.2) is 4.98 Å². The van der Waals surface area contributed by atoms with Gasteiger partial charge in [0.2, 0.25) is 0 Å². The van der Waals surface area contributed by atoms with Gasteiger partial charge in [0.15, 0.2) is 0 Å². The van der Waals surface area contributed by atoms with Crippen LogP contribution in [0.4, 0.5) is 5.69 Å². The number of thiazole rings is 1. The Morgan fingerprint density at radius 2 is 2.08 bits per heavy atom. The van der Waals surface area contributed by atoms with Crippen LogP contribution in [0.1, 0.15) is 45.7 Å². The van der Waals surface area contributed by atoms with Crippen molar-refractivity contribution in [2.24, 2.45) is 5.92 Å². The molecular weight excluding hydrogens is 318 g/mol. The normalized spacial score (nSPS) is 17.8. The molecule has 1 aliphatic rings. The molecule has 4 nitrogen and oxygen atoms in total. The molecule has 24 heavy (non-hydrogen) atoms. The molecule has 5 heteroatoms. The first-order valence-electron chi connectivity index (χ1n) is 8.59. The molecule has 1 fully saturated rings. The first-order valence-corrected chi connectivity index (χ1v) is 9.40. The summed E-state index contributed by atoms with van der Waals surface area (Å²) in [5, 5.41) is 3.90. The Morgan fingerprint density at radius 3 is 2.71 bits per heavy atom. The summed E-state index contributed by atoms with van der Waals surface area (Å²) in [6.45, 7) is 8.99. The molecule has 0 aliphatic carbocycles. The Kier molecular flexibility index (Phi) is 5.19. The summed E-state index contributed by atoms with van der Waals surface area (Å²) in [5.74, 6) is 0.674. The maximum atomic E-state index is 12.2. The number of hydrogen-bond donors (Lipinski definition) is 1. The number of nitrogens with zero attached hydrogens (tertiary/aromatic N) is 2. The number of hydrogen-bond acceptors (Lipinski definition) is 4. The molecule has 0 radical (unpaired) electrons. The standard InChI is InChI=1S/C19H25N3OS/c1-13-5-4-10-22(12-13)17-8-6-16(7-9-17)11-20-19(23)18-14(2)24-15(3)21-18/h6-9,13H,4-5,10-12H2,1-3H3,(H,20,23)/t13-/m0/s1. The van der Waals surface area contributed by atoms with E-state index in [1.165, 1.54) is 18.5 Å². The lowest BCUT2D eigenvalue weighted by Crippen LogP contribution is -2.34. The van der Waals surface area contributed by atoms with Crippen molar-refractivity contribution in [1.82, 2.24) is 10.3 Å². The first-order chi connectivity index (χ1) is 11.5. The SMILES string of the molecule is Cc1nc(C(=O)NCc2ccc(N3CCC[C@H](C)C3)cc2)c(C)s1. The van der Waals surface area contributed by atoms with E-state index in [9.17, 15) is 4.79 Å². The van der Waals surface area contributed by atoms with E-state index in [0.29, 0.717) is 12.2 Å². The molecule has 2 aromatic rings. The van der Waals surface area contributed by atoms with Crippen LogP contribution in [0.3, 0.4) is 0 Å². The molecule has 1 aromatic heterocycles. The van der Waals surface area contributed by atoms with Crippen LogP contribution in [0.15, 0.2) is 24.3 Å². The van der Waals surface area contributed by atoms with Gasteiger partial charge in [-0.15, -0.1) is 11.3 Å². The third-order valence-corrected chi connectivity index (χ3v) is 5.42. The van der Waals surface area contributed by atoms with E-state index in [2.05, 4.69) is 46.4 Å². The molecule has 0 saturated carbocycles. The Morgan fingerprint density at radius 1 is 1.33 bits per heavy atom. The van der Waals surface area contributed by atoms with E-state index >= 15 is 0 Å². The lowest BCUT2D eigenvalue weighted by atomic mass is 9.99. The fraction of sp³-hybridized carbons (Fsp3) is 0.474. The summed E-state index contributed by atoms with van der Waals surface area (Å²) in [7, 11) is 0. The monoisotopic (exact) mass is 343 g/mol. The zero-order valence-electron chi connectivity index (χ0n) is 14.6. The molecule has 1 amide bonds. The molecule has 1 saturated heterocycles. The number of rotatable bonds is 4. The molecule has 128 valence electrons. The van der Waals surface area contributed by atoms with Gasteiger partial charge >= 0.3 is 0 Å². The van der Waals surface area contributed by atoms with Crippen LogP contribution in [0.25, 0.3) is 0 Å². The highest BCUT2D eigenvalue weighted by molar-refractivity contribution is 7.11. The minimum atomic E-state index is -0.0919. The van der Waals surface area contributed by atoms with Gasteiger partial charge in [0.25, 0.3) is 5.91 Å². The van der Waals surface area contributed by atoms with Gasteiger partial charge in [-0.1, -0.05) is 19.1 Å². The number of aryl methyl sites for hydroxylation is 2. The van der Waals surface area contributed by atoms with Gasteiger partial charge in [0, 0.05) is 30.2 Å². The quantitative estimate of drug-likeness (QED) is 0.915. The van der Waals surface area contributed by atoms with E-state index in [4.69, 9.17) is 0 Å². The van der Waals surface area contributed by atoms with Gasteiger partial charge in [0.1, 0.15) is 5.69 Å². The van der Waals surface area contributed by atoms with E-state index < -0.39 is 0 Å². The predicted molar refractivity (Wildman–Crippen MR) is 99.8 cm³/mol. The summed E-state index contributed by atoms with van der Waals surface area (Å²) in [5.41, 5.74) is 2.95. The van der Waals surface area contributed by atoms with Crippen molar-refractivity contribution in [3.63, 3.8) is 0 Å². The maximum Gasteiger partial charge on any atom is 0.271 e. The van der Waals surface area contributed by atoms with Crippen LogP contribution in [0.5, 0.6) is 0 Å². The number of piperidine rings is 1. The fourth-order valence-corrected chi connectivity index (χ4v) is 4.07. The Balaban J connectivity index is 1.58. The highest BCUT2D eigenvalue weighted by atomic mass is 32.1. The molecule has 1 atom stereocenters. The Labute approximate surface area is 147 Å². The van der Waals surface area contributed by atoms with E-state index in [-0.39, 0.29) is 5.91 Å². The van der Waals surface area contributed by atoms with Crippen molar-refractivity contribution in [3.05, 3.63) is 45.4 Å². The maximum absolute atomic E-state index is 12.2. The van der Waals surface area contributed by atoms with Crippen molar-refractivity contribution < 1.29 is 4.79 Å². The molecule has 3 rings (SSSR count). The predicted octanol–water partition coefficient (Wildman–Crippen LogP) is 3.93. The average Bonchev–Trinajstić information content (AvgIpc) is 2.91. The molecule has 2 heterocycles. The Bertz CT molecular complexity index is 708. The van der Waals surface area contributed by atoms with Gasteiger partial charge in [-0.2, -0.15) is 0 Å². The summed E-state index contributed by atoms with van der Waals surface area (Å²) in [6, 6.07) is 8.54. The number of benzene rings is 1. The number of amides is 1. The second-order valence-corrected chi connectivity index (χ2v) is 8.09. The smallest absolute Gasteiger partial charge is 0.271 e. The van der Waals surface area contributed by atoms with Crippen molar-refractivity contribution in [3.8, 4) is 0 Å². The topological polar surface area (TPSA) is 45.2 Å². The van der Waals surface area contributed by atoms with Crippen molar-refractivity contribution in [2.75, 3.05) is 18.0 Å². The molecule has 0 unspecified atom stereocenters. The van der Waals surface area contributed by atoms with Crippen LogP contribution in [0.2, 0.25) is 0 Å². The molecule has 0 bridgehead atoms. The lowest BCUT2D eigenvalue weighted by Gasteiger charge is -2.32. The van der Waals surface area contributed by atoms with Gasteiger partial charge < -0.3 is 10.2 Å². The third kappa shape index (κ3) is 3.96. The van der Waals surface area contributed by atoms with Crippen molar-refractivity contribution in [1.29, 1.82) is 0 Å². The van der Waals surface area contributed by atoms with E-state index in [1.54, 1.807) is 11.3 Å². The zero-order valence-corrected chi connectivity index (χ0v) is 15.4. The van der Waals surface area contributed by atoms with Crippen LogP contribution in [0, 0.1) is 19.8 Å². The van der Waals surface area contributed by atoms with Crippen LogP contribution in [-0.4, -0.2) is 24.0 Å². The number of nitrogens with one attached hydrogen (secondary N) is 1. The lowest BCUT2D eigenvalue weighted by molar-refractivity contribution is 0.0946.